The van der Waals surface area contributed by atoms with Crippen molar-refractivity contribution in [2.45, 2.75) is 45.7 Å². The minimum Gasteiger partial charge on any atom is -0.395 e. The summed E-state index contributed by atoms with van der Waals surface area (Å²) in [5.41, 5.74) is 5.06. The molecule has 0 radical (unpaired) electrons. The third kappa shape index (κ3) is 9.89. The standard InChI is InChI=1S/C12H28N2O4Si/c1-4-8-17-19(18-9-5-2)11(14-12(13)15)7-10-16-6-3/h11,19H,4-10H2,1-3H3,(H3,13,14,15). The molecule has 0 rings (SSSR count). The number of nitrogens with one attached hydrogen (secondary N) is 1. The van der Waals surface area contributed by atoms with E-state index < -0.39 is 15.3 Å². The second kappa shape index (κ2) is 12.4. The van der Waals surface area contributed by atoms with Crippen LogP contribution in [0.3, 0.4) is 0 Å². The van der Waals surface area contributed by atoms with E-state index in [2.05, 4.69) is 5.32 Å². The highest BCUT2D eigenvalue weighted by molar-refractivity contribution is 6.46. The molecular formula is C12H28N2O4Si. The number of rotatable bonds is 12. The third-order valence-electron chi connectivity index (χ3n) is 2.41. The van der Waals surface area contributed by atoms with Gasteiger partial charge in [-0.15, -0.1) is 0 Å². The molecule has 0 heterocycles. The van der Waals surface area contributed by atoms with Gasteiger partial charge in [0.05, 0.1) is 5.67 Å². The number of ether oxygens (including phenoxy) is 1. The first-order chi connectivity index (χ1) is 9.15. The molecule has 0 aliphatic carbocycles. The van der Waals surface area contributed by atoms with Crippen molar-refractivity contribution in [2.24, 2.45) is 5.73 Å². The lowest BCUT2D eigenvalue weighted by molar-refractivity contribution is 0.131. The van der Waals surface area contributed by atoms with E-state index in [9.17, 15) is 4.79 Å². The van der Waals surface area contributed by atoms with Crippen molar-refractivity contribution in [1.29, 1.82) is 0 Å². The molecule has 0 bridgehead atoms. The topological polar surface area (TPSA) is 82.8 Å². The van der Waals surface area contributed by atoms with Crippen LogP contribution in [0.5, 0.6) is 0 Å². The average Bonchev–Trinajstić information content (AvgIpc) is 2.38. The summed E-state index contributed by atoms with van der Waals surface area (Å²) in [5, 5.41) is 2.73. The first-order valence-corrected chi connectivity index (χ1v) is 8.63. The number of urea groups is 1. The molecule has 19 heavy (non-hydrogen) atoms. The molecule has 6 nitrogen and oxygen atoms in total. The van der Waals surface area contributed by atoms with Crippen LogP contribution in [0.1, 0.15) is 40.0 Å². The number of hydrogen-bond acceptors (Lipinski definition) is 4. The van der Waals surface area contributed by atoms with Crippen molar-refractivity contribution in [3.63, 3.8) is 0 Å². The monoisotopic (exact) mass is 292 g/mol. The van der Waals surface area contributed by atoms with Gasteiger partial charge in [0.15, 0.2) is 0 Å². The Morgan fingerprint density at radius 1 is 1.16 bits per heavy atom. The van der Waals surface area contributed by atoms with Gasteiger partial charge in [-0.25, -0.2) is 4.79 Å². The number of amides is 2. The Kier molecular flexibility index (Phi) is 12.0. The van der Waals surface area contributed by atoms with Gasteiger partial charge in [-0.1, -0.05) is 13.8 Å². The molecule has 0 saturated heterocycles. The first kappa shape index (κ1) is 18.4. The summed E-state index contributed by atoms with van der Waals surface area (Å²) in [6, 6.07) is -0.542. The maximum absolute atomic E-state index is 11.1. The van der Waals surface area contributed by atoms with Crippen LogP contribution in [0.2, 0.25) is 0 Å². The highest BCUT2D eigenvalue weighted by atomic mass is 28.3. The fraction of sp³-hybridized carbons (Fsp3) is 0.917. The number of nitrogens with two attached hydrogens (primary N) is 1. The molecule has 1 unspecified atom stereocenters. The predicted molar refractivity (Wildman–Crippen MR) is 77.3 cm³/mol. The van der Waals surface area contributed by atoms with E-state index in [4.69, 9.17) is 19.3 Å². The second-order valence-corrected chi connectivity index (χ2v) is 6.42. The van der Waals surface area contributed by atoms with Crippen LogP contribution in [0.25, 0.3) is 0 Å². The van der Waals surface area contributed by atoms with Crippen LogP contribution >= 0.6 is 0 Å². The predicted octanol–water partition coefficient (Wildman–Crippen LogP) is 1.06. The van der Waals surface area contributed by atoms with E-state index in [0.717, 1.165) is 12.8 Å². The van der Waals surface area contributed by atoms with Gasteiger partial charge in [0.25, 0.3) is 0 Å². The van der Waals surface area contributed by atoms with Crippen molar-refractivity contribution in [1.82, 2.24) is 5.32 Å². The van der Waals surface area contributed by atoms with Gasteiger partial charge in [0.1, 0.15) is 0 Å². The van der Waals surface area contributed by atoms with Crippen molar-refractivity contribution >= 4 is 15.3 Å². The van der Waals surface area contributed by atoms with Crippen molar-refractivity contribution in [3.05, 3.63) is 0 Å². The molecule has 0 saturated carbocycles. The SMILES string of the molecule is CCCO[SiH](OCCC)C(CCOCC)NC(N)=O. The molecule has 0 spiro atoms. The van der Waals surface area contributed by atoms with E-state index >= 15 is 0 Å². The van der Waals surface area contributed by atoms with Crippen LogP contribution in [-0.4, -0.2) is 47.4 Å². The number of hydrogen-bond donors (Lipinski definition) is 2. The number of carbonyl (C=O) groups is 1. The third-order valence-corrected chi connectivity index (χ3v) is 4.69. The van der Waals surface area contributed by atoms with Gasteiger partial charge in [-0.05, 0) is 26.2 Å². The van der Waals surface area contributed by atoms with Crippen LogP contribution < -0.4 is 11.1 Å². The van der Waals surface area contributed by atoms with Crippen LogP contribution in [0.4, 0.5) is 4.79 Å². The van der Waals surface area contributed by atoms with E-state index in [1.165, 1.54) is 0 Å². The Morgan fingerprint density at radius 2 is 1.74 bits per heavy atom. The van der Waals surface area contributed by atoms with Gasteiger partial charge < -0.3 is 24.6 Å². The molecule has 114 valence electrons. The molecule has 0 aliphatic heterocycles. The fourth-order valence-electron chi connectivity index (χ4n) is 1.56. The largest absolute Gasteiger partial charge is 0.395 e. The lowest BCUT2D eigenvalue weighted by Crippen LogP contribution is -2.51. The lowest BCUT2D eigenvalue weighted by Gasteiger charge is -2.25. The number of primary amides is 1. The van der Waals surface area contributed by atoms with Crippen LogP contribution in [0, 0.1) is 0 Å². The molecule has 0 aromatic carbocycles. The van der Waals surface area contributed by atoms with E-state index in [1.54, 1.807) is 0 Å². The maximum Gasteiger partial charge on any atom is 0.344 e. The summed E-state index contributed by atoms with van der Waals surface area (Å²) in [7, 11) is -1.97. The highest BCUT2D eigenvalue weighted by Gasteiger charge is 2.27. The Hall–Kier alpha value is -0.633. The zero-order valence-electron chi connectivity index (χ0n) is 12.3. The molecule has 3 N–H and O–H groups in total. The summed E-state index contributed by atoms with van der Waals surface area (Å²) in [4.78, 5) is 11.1. The number of carbonyl (C=O) groups excluding carboxylic acids is 1. The van der Waals surface area contributed by atoms with Gasteiger partial charge in [-0.3, -0.25) is 0 Å². The Bertz CT molecular complexity index is 224. The van der Waals surface area contributed by atoms with Crippen molar-refractivity contribution in [2.75, 3.05) is 26.4 Å². The van der Waals surface area contributed by atoms with Gasteiger partial charge >= 0.3 is 15.3 Å². The van der Waals surface area contributed by atoms with Crippen LogP contribution in [0.15, 0.2) is 0 Å². The molecule has 0 aromatic heterocycles. The van der Waals surface area contributed by atoms with E-state index in [-0.39, 0.29) is 5.67 Å². The van der Waals surface area contributed by atoms with Gasteiger partial charge in [0, 0.05) is 26.4 Å². The Morgan fingerprint density at radius 3 is 2.16 bits per heavy atom. The van der Waals surface area contributed by atoms with Crippen molar-refractivity contribution in [3.8, 4) is 0 Å². The molecular weight excluding hydrogens is 264 g/mol. The van der Waals surface area contributed by atoms with E-state index in [0.29, 0.717) is 32.8 Å². The van der Waals surface area contributed by atoms with Crippen molar-refractivity contribution < 1.29 is 18.4 Å². The Balaban J connectivity index is 4.43. The summed E-state index contributed by atoms with van der Waals surface area (Å²) >= 11 is 0. The lowest BCUT2D eigenvalue weighted by atomic mass is 10.4. The highest BCUT2D eigenvalue weighted by Crippen LogP contribution is 2.04. The molecule has 0 fully saturated rings. The molecule has 2 amide bonds. The summed E-state index contributed by atoms with van der Waals surface area (Å²) in [6.07, 6.45) is 2.52. The average molecular weight is 292 g/mol. The summed E-state index contributed by atoms with van der Waals surface area (Å²) in [5.74, 6) is 0. The molecule has 1 atom stereocenters. The maximum atomic E-state index is 11.1. The molecule has 0 aliphatic rings. The van der Waals surface area contributed by atoms with Gasteiger partial charge in [-0.2, -0.15) is 0 Å². The molecule has 0 aromatic rings. The molecule has 7 heteroatoms. The summed E-state index contributed by atoms with van der Waals surface area (Å²) < 4.78 is 16.9. The summed E-state index contributed by atoms with van der Waals surface area (Å²) in [6.45, 7) is 8.53. The minimum absolute atomic E-state index is 0.151. The van der Waals surface area contributed by atoms with Crippen LogP contribution in [-0.2, 0) is 13.6 Å². The fourth-order valence-corrected chi connectivity index (χ4v) is 3.77. The van der Waals surface area contributed by atoms with Gasteiger partial charge in [0.2, 0.25) is 0 Å². The zero-order chi connectivity index (χ0) is 14.5. The second-order valence-electron chi connectivity index (χ2n) is 4.21. The smallest absolute Gasteiger partial charge is 0.344 e. The van der Waals surface area contributed by atoms with E-state index in [1.807, 2.05) is 20.8 Å². The quantitative estimate of drug-likeness (QED) is 0.416. The first-order valence-electron chi connectivity index (χ1n) is 7.02. The Labute approximate surface area is 117 Å². The normalized spacial score (nSPS) is 12.6. The minimum atomic E-state index is -1.97. The zero-order valence-corrected chi connectivity index (χ0v) is 13.5.